The van der Waals surface area contributed by atoms with E-state index in [-0.39, 0.29) is 11.6 Å². The summed E-state index contributed by atoms with van der Waals surface area (Å²) in [4.78, 5) is 16.3. The van der Waals surface area contributed by atoms with E-state index in [4.69, 9.17) is 8.94 Å². The van der Waals surface area contributed by atoms with Crippen molar-refractivity contribution in [1.29, 1.82) is 0 Å². The van der Waals surface area contributed by atoms with E-state index >= 15 is 0 Å². The van der Waals surface area contributed by atoms with E-state index in [0.717, 1.165) is 17.7 Å². The van der Waals surface area contributed by atoms with Gasteiger partial charge in [-0.25, -0.2) is 4.98 Å². The van der Waals surface area contributed by atoms with Gasteiger partial charge in [0.25, 0.3) is 5.91 Å². The van der Waals surface area contributed by atoms with Crippen LogP contribution in [0.2, 0.25) is 0 Å². The van der Waals surface area contributed by atoms with Crippen LogP contribution in [0.15, 0.2) is 76.4 Å². The van der Waals surface area contributed by atoms with Crippen LogP contribution in [0.3, 0.4) is 0 Å². The normalized spacial score (nSPS) is 10.8. The van der Waals surface area contributed by atoms with Crippen molar-refractivity contribution < 1.29 is 13.7 Å². The quantitative estimate of drug-likeness (QED) is 0.578. The Hall–Kier alpha value is -3.61. The highest BCUT2D eigenvalue weighted by Gasteiger charge is 2.14. The highest BCUT2D eigenvalue weighted by molar-refractivity contribution is 5.92. The number of benzene rings is 1. The van der Waals surface area contributed by atoms with Crippen molar-refractivity contribution in [2.24, 2.45) is 0 Å². The second-order valence-electron chi connectivity index (χ2n) is 5.79. The number of carbonyl (C=O) groups excluding carboxylic acids is 1. The topological polar surface area (TPSA) is 86.1 Å². The van der Waals surface area contributed by atoms with Crippen molar-refractivity contribution in [3.05, 3.63) is 84.3 Å². The molecule has 0 bridgehead atoms. The van der Waals surface area contributed by atoms with Gasteiger partial charge in [-0.05, 0) is 23.3 Å². The molecule has 1 aromatic carbocycles. The summed E-state index contributed by atoms with van der Waals surface area (Å²) in [6, 6.07) is 13.1. The van der Waals surface area contributed by atoms with Gasteiger partial charge in [0.05, 0.1) is 12.6 Å². The zero-order valence-corrected chi connectivity index (χ0v) is 13.8. The molecule has 1 amide bonds. The third-order valence-corrected chi connectivity index (χ3v) is 3.88. The number of furan rings is 1. The average Bonchev–Trinajstić information content (AvgIpc) is 3.41. The van der Waals surface area contributed by atoms with E-state index in [1.54, 1.807) is 30.7 Å². The maximum Gasteiger partial charge on any atom is 0.273 e. The SMILES string of the molecule is O=C(NCc1cccc(Cn2ccnc2)c1)c1cc(-c2ccco2)on1. The first-order valence-corrected chi connectivity index (χ1v) is 8.10. The molecule has 0 saturated heterocycles. The number of hydrogen-bond donors (Lipinski definition) is 1. The van der Waals surface area contributed by atoms with E-state index in [0.29, 0.717) is 18.1 Å². The van der Waals surface area contributed by atoms with E-state index in [1.165, 1.54) is 6.26 Å². The van der Waals surface area contributed by atoms with Gasteiger partial charge in [-0.2, -0.15) is 0 Å². The van der Waals surface area contributed by atoms with Crippen molar-refractivity contribution in [1.82, 2.24) is 20.0 Å². The zero-order valence-electron chi connectivity index (χ0n) is 13.8. The lowest BCUT2D eigenvalue weighted by Gasteiger charge is -2.07. The number of amides is 1. The van der Waals surface area contributed by atoms with Crippen LogP contribution < -0.4 is 5.32 Å². The molecular weight excluding hydrogens is 332 g/mol. The first kappa shape index (κ1) is 15.9. The molecule has 0 saturated carbocycles. The number of rotatable bonds is 6. The van der Waals surface area contributed by atoms with Gasteiger partial charge in [-0.3, -0.25) is 4.79 Å². The van der Waals surface area contributed by atoms with Crippen molar-refractivity contribution in [3.63, 3.8) is 0 Å². The molecule has 0 aliphatic carbocycles. The standard InChI is InChI=1S/C19H16N4O3/c24-19(16-10-18(26-22-16)17-5-2-8-25-17)21-11-14-3-1-4-15(9-14)12-23-7-6-20-13-23/h1-10,13H,11-12H2,(H,21,24). The molecule has 0 fully saturated rings. The molecule has 0 aliphatic rings. The first-order valence-electron chi connectivity index (χ1n) is 8.10. The molecule has 130 valence electrons. The summed E-state index contributed by atoms with van der Waals surface area (Å²) in [7, 11) is 0. The predicted molar refractivity (Wildman–Crippen MR) is 93.1 cm³/mol. The lowest BCUT2D eigenvalue weighted by Crippen LogP contribution is -2.23. The fourth-order valence-corrected chi connectivity index (χ4v) is 2.62. The summed E-state index contributed by atoms with van der Waals surface area (Å²) in [6.45, 7) is 1.14. The minimum absolute atomic E-state index is 0.214. The van der Waals surface area contributed by atoms with Crippen molar-refractivity contribution in [3.8, 4) is 11.5 Å². The minimum Gasteiger partial charge on any atom is -0.461 e. The monoisotopic (exact) mass is 348 g/mol. The van der Waals surface area contributed by atoms with Crippen LogP contribution in [0.4, 0.5) is 0 Å². The third-order valence-electron chi connectivity index (χ3n) is 3.88. The van der Waals surface area contributed by atoms with Crippen LogP contribution in [0.5, 0.6) is 0 Å². The summed E-state index contributed by atoms with van der Waals surface area (Å²) in [5, 5.41) is 6.64. The molecule has 7 nitrogen and oxygen atoms in total. The summed E-state index contributed by atoms with van der Waals surface area (Å²) in [6.07, 6.45) is 6.97. The maximum atomic E-state index is 12.3. The van der Waals surface area contributed by atoms with Gasteiger partial charge in [0.1, 0.15) is 0 Å². The van der Waals surface area contributed by atoms with E-state index in [1.807, 2.05) is 29.0 Å². The molecule has 3 heterocycles. The molecule has 0 aliphatic heterocycles. The van der Waals surface area contributed by atoms with Gasteiger partial charge < -0.3 is 18.8 Å². The average molecular weight is 348 g/mol. The van der Waals surface area contributed by atoms with Crippen LogP contribution in [0.1, 0.15) is 21.6 Å². The largest absolute Gasteiger partial charge is 0.461 e. The Kier molecular flexibility index (Phi) is 4.34. The third kappa shape index (κ3) is 3.56. The lowest BCUT2D eigenvalue weighted by molar-refractivity contribution is 0.0942. The van der Waals surface area contributed by atoms with Crippen LogP contribution in [-0.4, -0.2) is 20.6 Å². The van der Waals surface area contributed by atoms with E-state index in [9.17, 15) is 4.79 Å². The zero-order chi connectivity index (χ0) is 17.8. The highest BCUT2D eigenvalue weighted by Crippen LogP contribution is 2.20. The van der Waals surface area contributed by atoms with Gasteiger partial charge in [0.15, 0.2) is 11.5 Å². The molecule has 7 heteroatoms. The molecule has 0 radical (unpaired) electrons. The van der Waals surface area contributed by atoms with Crippen molar-refractivity contribution >= 4 is 5.91 Å². The summed E-state index contributed by atoms with van der Waals surface area (Å²) < 4.78 is 12.4. The van der Waals surface area contributed by atoms with Gasteiger partial charge in [-0.15, -0.1) is 0 Å². The second kappa shape index (κ2) is 7.10. The summed E-state index contributed by atoms with van der Waals surface area (Å²) in [5.41, 5.74) is 2.35. The smallest absolute Gasteiger partial charge is 0.273 e. The first-order chi connectivity index (χ1) is 12.8. The Bertz CT molecular complexity index is 988. The Labute approximate surface area is 149 Å². The Morgan fingerprint density at radius 1 is 1.12 bits per heavy atom. The number of aromatic nitrogens is 3. The van der Waals surface area contributed by atoms with Gasteiger partial charge in [-0.1, -0.05) is 29.4 Å². The molecule has 0 atom stereocenters. The highest BCUT2D eigenvalue weighted by atomic mass is 16.5. The molecule has 4 rings (SSSR count). The molecule has 0 spiro atoms. The fourth-order valence-electron chi connectivity index (χ4n) is 2.62. The summed E-state index contributed by atoms with van der Waals surface area (Å²) >= 11 is 0. The minimum atomic E-state index is -0.299. The number of hydrogen-bond acceptors (Lipinski definition) is 5. The van der Waals surface area contributed by atoms with E-state index in [2.05, 4.69) is 21.5 Å². The van der Waals surface area contributed by atoms with Crippen LogP contribution in [-0.2, 0) is 13.1 Å². The fraction of sp³-hybridized carbons (Fsp3) is 0.105. The lowest BCUT2D eigenvalue weighted by atomic mass is 10.1. The number of carbonyl (C=O) groups is 1. The van der Waals surface area contributed by atoms with Crippen LogP contribution in [0.25, 0.3) is 11.5 Å². The number of imidazole rings is 1. The summed E-state index contributed by atoms with van der Waals surface area (Å²) in [5.74, 6) is 0.651. The Balaban J connectivity index is 1.38. The number of nitrogens with one attached hydrogen (secondary N) is 1. The molecule has 1 N–H and O–H groups in total. The van der Waals surface area contributed by atoms with Crippen LogP contribution in [0, 0.1) is 0 Å². The molecule has 26 heavy (non-hydrogen) atoms. The Morgan fingerprint density at radius 3 is 2.85 bits per heavy atom. The predicted octanol–water partition coefficient (Wildman–Crippen LogP) is 3.11. The molecular formula is C19H16N4O3. The van der Waals surface area contributed by atoms with Gasteiger partial charge in [0, 0.05) is 31.5 Å². The van der Waals surface area contributed by atoms with Crippen LogP contribution >= 0.6 is 0 Å². The van der Waals surface area contributed by atoms with E-state index < -0.39 is 0 Å². The Morgan fingerprint density at radius 2 is 2.04 bits per heavy atom. The molecule has 3 aromatic heterocycles. The van der Waals surface area contributed by atoms with Crippen molar-refractivity contribution in [2.45, 2.75) is 13.1 Å². The van der Waals surface area contributed by atoms with Gasteiger partial charge in [0.2, 0.25) is 5.76 Å². The molecule has 0 unspecified atom stereocenters. The second-order valence-corrected chi connectivity index (χ2v) is 5.79. The van der Waals surface area contributed by atoms with Crippen molar-refractivity contribution in [2.75, 3.05) is 0 Å². The van der Waals surface area contributed by atoms with Gasteiger partial charge >= 0.3 is 0 Å². The number of nitrogens with zero attached hydrogens (tertiary/aromatic N) is 3. The molecule has 4 aromatic rings. The maximum absolute atomic E-state index is 12.3.